The first-order chi connectivity index (χ1) is 4.67. The molecule has 1 saturated carbocycles. The van der Waals surface area contributed by atoms with Gasteiger partial charge in [-0.15, -0.1) is 0 Å². The Kier molecular flexibility index (Phi) is 1.94. The topological polar surface area (TPSA) is 49.3 Å². The number of hydrogen-bond donors (Lipinski definition) is 2. The Morgan fingerprint density at radius 2 is 2.50 bits per heavy atom. The summed E-state index contributed by atoms with van der Waals surface area (Å²) in [6, 6.07) is -0.0370. The molecule has 0 bridgehead atoms. The summed E-state index contributed by atoms with van der Waals surface area (Å²) in [7, 11) is 0. The zero-order valence-corrected chi connectivity index (χ0v) is 6.13. The molecule has 1 aliphatic carbocycles. The number of aliphatic hydroxyl groups is 1. The highest BCUT2D eigenvalue weighted by Crippen LogP contribution is 2.28. The summed E-state index contributed by atoms with van der Waals surface area (Å²) in [5.41, 5.74) is -0.680. The molecule has 3 nitrogen and oxygen atoms in total. The average Bonchev–Trinajstić information content (AvgIpc) is 2.13. The third-order valence-corrected chi connectivity index (χ3v) is 2.20. The van der Waals surface area contributed by atoms with Gasteiger partial charge in [-0.05, 0) is 26.2 Å². The van der Waals surface area contributed by atoms with Crippen molar-refractivity contribution in [2.75, 3.05) is 0 Å². The summed E-state index contributed by atoms with van der Waals surface area (Å²) in [6.45, 7) is 1.77. The first-order valence-electron chi connectivity index (χ1n) is 3.59. The molecule has 0 spiro atoms. The van der Waals surface area contributed by atoms with Gasteiger partial charge >= 0.3 is 0 Å². The maximum absolute atomic E-state index is 10.0. The lowest BCUT2D eigenvalue weighted by Crippen LogP contribution is -2.43. The molecule has 1 amide bonds. The van der Waals surface area contributed by atoms with E-state index >= 15 is 0 Å². The average molecular weight is 143 g/mol. The highest BCUT2D eigenvalue weighted by Gasteiger charge is 2.36. The van der Waals surface area contributed by atoms with Gasteiger partial charge in [-0.2, -0.15) is 0 Å². The molecule has 1 aliphatic rings. The lowest BCUT2D eigenvalue weighted by molar-refractivity contribution is -0.111. The molecule has 0 aromatic carbocycles. The summed E-state index contributed by atoms with van der Waals surface area (Å²) < 4.78 is 0. The monoisotopic (exact) mass is 143 g/mol. The predicted octanol–water partition coefficient (Wildman–Crippen LogP) is 0.0359. The second-order valence-corrected chi connectivity index (χ2v) is 3.09. The van der Waals surface area contributed by atoms with Crippen LogP contribution >= 0.6 is 0 Å². The number of rotatable bonds is 2. The summed E-state index contributed by atoms with van der Waals surface area (Å²) >= 11 is 0. The highest BCUT2D eigenvalue weighted by molar-refractivity contribution is 5.47. The molecule has 1 fully saturated rings. The van der Waals surface area contributed by atoms with Gasteiger partial charge in [0.05, 0.1) is 11.6 Å². The smallest absolute Gasteiger partial charge is 0.207 e. The van der Waals surface area contributed by atoms with Crippen molar-refractivity contribution in [1.29, 1.82) is 0 Å². The molecule has 58 valence electrons. The molecule has 3 heteroatoms. The van der Waals surface area contributed by atoms with Crippen LogP contribution in [0.5, 0.6) is 0 Å². The summed E-state index contributed by atoms with van der Waals surface area (Å²) in [4.78, 5) is 10.0. The van der Waals surface area contributed by atoms with Gasteiger partial charge in [0.2, 0.25) is 6.41 Å². The molecule has 2 atom stereocenters. The van der Waals surface area contributed by atoms with Crippen LogP contribution in [0.3, 0.4) is 0 Å². The fraction of sp³-hybridized carbons (Fsp3) is 0.857. The molecule has 0 aromatic rings. The van der Waals surface area contributed by atoms with Gasteiger partial charge in [0.15, 0.2) is 0 Å². The van der Waals surface area contributed by atoms with Crippen LogP contribution in [0.2, 0.25) is 0 Å². The molecule has 0 heterocycles. The zero-order chi connectivity index (χ0) is 7.61. The SMILES string of the molecule is C[C@@]1(O)CCC[C@H]1NC=O. The van der Waals surface area contributed by atoms with Crippen molar-refractivity contribution in [2.24, 2.45) is 0 Å². The molecule has 1 rings (SSSR count). The Morgan fingerprint density at radius 1 is 1.80 bits per heavy atom. The lowest BCUT2D eigenvalue weighted by atomic mass is 10.0. The van der Waals surface area contributed by atoms with E-state index in [1.165, 1.54) is 0 Å². The van der Waals surface area contributed by atoms with Gasteiger partial charge in [-0.25, -0.2) is 0 Å². The minimum atomic E-state index is -0.680. The van der Waals surface area contributed by atoms with Gasteiger partial charge in [-0.1, -0.05) is 0 Å². The predicted molar refractivity (Wildman–Crippen MR) is 37.5 cm³/mol. The molecule has 0 aromatic heterocycles. The van der Waals surface area contributed by atoms with E-state index in [1.807, 2.05) is 0 Å². The Morgan fingerprint density at radius 3 is 2.90 bits per heavy atom. The zero-order valence-electron chi connectivity index (χ0n) is 6.13. The largest absolute Gasteiger partial charge is 0.388 e. The van der Waals surface area contributed by atoms with Gasteiger partial charge in [-0.3, -0.25) is 4.79 Å². The van der Waals surface area contributed by atoms with Crippen molar-refractivity contribution in [1.82, 2.24) is 5.32 Å². The van der Waals surface area contributed by atoms with E-state index in [4.69, 9.17) is 0 Å². The normalized spacial score (nSPS) is 39.6. The summed E-state index contributed by atoms with van der Waals surface area (Å²) in [6.07, 6.45) is 3.34. The Hall–Kier alpha value is -0.570. The van der Waals surface area contributed by atoms with Crippen molar-refractivity contribution in [3.63, 3.8) is 0 Å². The second-order valence-electron chi connectivity index (χ2n) is 3.09. The van der Waals surface area contributed by atoms with Crippen LogP contribution in [0.15, 0.2) is 0 Å². The van der Waals surface area contributed by atoms with Crippen LogP contribution in [-0.4, -0.2) is 23.2 Å². The molecule has 0 radical (unpaired) electrons. The lowest BCUT2D eigenvalue weighted by Gasteiger charge is -2.24. The maximum atomic E-state index is 10.0. The Balaban J connectivity index is 2.50. The molecule has 10 heavy (non-hydrogen) atoms. The Bertz CT molecular complexity index is 134. The summed E-state index contributed by atoms with van der Waals surface area (Å²) in [5, 5.41) is 12.2. The van der Waals surface area contributed by atoms with Crippen molar-refractivity contribution >= 4 is 6.41 Å². The summed E-state index contributed by atoms with van der Waals surface area (Å²) in [5.74, 6) is 0. The number of hydrogen-bond acceptors (Lipinski definition) is 2. The van der Waals surface area contributed by atoms with E-state index in [-0.39, 0.29) is 6.04 Å². The minimum absolute atomic E-state index is 0.0370. The van der Waals surface area contributed by atoms with E-state index in [2.05, 4.69) is 5.32 Å². The van der Waals surface area contributed by atoms with Crippen molar-refractivity contribution < 1.29 is 9.90 Å². The highest BCUT2D eigenvalue weighted by atomic mass is 16.3. The maximum Gasteiger partial charge on any atom is 0.207 e. The van der Waals surface area contributed by atoms with Crippen LogP contribution in [0.4, 0.5) is 0 Å². The Labute approximate surface area is 60.4 Å². The molecule has 0 aliphatic heterocycles. The van der Waals surface area contributed by atoms with Crippen molar-refractivity contribution in [3.8, 4) is 0 Å². The van der Waals surface area contributed by atoms with Gasteiger partial charge in [0.25, 0.3) is 0 Å². The number of nitrogens with one attached hydrogen (secondary N) is 1. The van der Waals surface area contributed by atoms with Crippen molar-refractivity contribution in [3.05, 3.63) is 0 Å². The van der Waals surface area contributed by atoms with E-state index in [0.717, 1.165) is 19.3 Å². The number of carbonyl (C=O) groups is 1. The molecular weight excluding hydrogens is 130 g/mol. The first-order valence-corrected chi connectivity index (χ1v) is 3.59. The molecular formula is C7H13NO2. The van der Waals surface area contributed by atoms with Crippen LogP contribution in [0.25, 0.3) is 0 Å². The van der Waals surface area contributed by atoms with Crippen LogP contribution in [0.1, 0.15) is 26.2 Å². The molecule has 0 saturated heterocycles. The van der Waals surface area contributed by atoms with Crippen LogP contribution in [-0.2, 0) is 4.79 Å². The van der Waals surface area contributed by atoms with Crippen LogP contribution < -0.4 is 5.32 Å². The standard InChI is InChI=1S/C7H13NO2/c1-7(10)4-2-3-6(7)8-5-9/h5-6,10H,2-4H2,1H3,(H,8,9)/t6-,7-/m1/s1. The van der Waals surface area contributed by atoms with E-state index in [9.17, 15) is 9.90 Å². The third-order valence-electron chi connectivity index (χ3n) is 2.20. The molecule has 2 N–H and O–H groups in total. The van der Waals surface area contributed by atoms with E-state index in [0.29, 0.717) is 6.41 Å². The van der Waals surface area contributed by atoms with Crippen molar-refractivity contribution in [2.45, 2.75) is 37.8 Å². The quantitative estimate of drug-likeness (QED) is 0.536. The fourth-order valence-electron chi connectivity index (χ4n) is 1.49. The van der Waals surface area contributed by atoms with E-state index in [1.54, 1.807) is 6.92 Å². The number of amides is 1. The van der Waals surface area contributed by atoms with Crippen LogP contribution in [0, 0.1) is 0 Å². The van der Waals surface area contributed by atoms with Gasteiger partial charge in [0, 0.05) is 0 Å². The third kappa shape index (κ3) is 1.29. The van der Waals surface area contributed by atoms with Gasteiger partial charge in [0.1, 0.15) is 0 Å². The number of carbonyl (C=O) groups excluding carboxylic acids is 1. The first kappa shape index (κ1) is 7.54. The molecule has 0 unspecified atom stereocenters. The minimum Gasteiger partial charge on any atom is -0.388 e. The second kappa shape index (κ2) is 2.58. The van der Waals surface area contributed by atoms with Gasteiger partial charge < -0.3 is 10.4 Å². The fourth-order valence-corrected chi connectivity index (χ4v) is 1.49. The van der Waals surface area contributed by atoms with E-state index < -0.39 is 5.60 Å².